The molecule has 0 saturated carbocycles. The number of anilines is 4. The number of nitrogens with zero attached hydrogens (tertiary/aromatic N) is 5. The number of piperidine rings is 1. The van der Waals surface area contributed by atoms with Crippen LogP contribution in [-0.2, 0) is 6.54 Å². The van der Waals surface area contributed by atoms with Crippen molar-refractivity contribution in [3.05, 3.63) is 64.3 Å². The topological polar surface area (TPSA) is 84.6 Å². The number of methoxy groups -OCH3 is 1. The van der Waals surface area contributed by atoms with Crippen LogP contribution in [0.3, 0.4) is 0 Å². The van der Waals surface area contributed by atoms with Crippen molar-refractivity contribution in [3.8, 4) is 5.75 Å². The summed E-state index contributed by atoms with van der Waals surface area (Å²) in [5.74, 6) is 1.86. The SMILES string of the molecule is COc1cc(N2CCC(N3CCN(C)CC3)CC2)ccc1Nc1nc(NCc2c(Cl)cccc2Cl)c2[nH]ccc2n1. The molecule has 2 saturated heterocycles. The molecule has 2 aromatic heterocycles. The largest absolute Gasteiger partial charge is 0.494 e. The first-order valence-corrected chi connectivity index (χ1v) is 14.9. The van der Waals surface area contributed by atoms with E-state index in [1.807, 2.05) is 36.5 Å². The fourth-order valence-corrected chi connectivity index (χ4v) is 6.31. The van der Waals surface area contributed by atoms with Gasteiger partial charge >= 0.3 is 0 Å². The molecule has 0 bridgehead atoms. The van der Waals surface area contributed by atoms with Gasteiger partial charge < -0.3 is 30.2 Å². The molecular weight excluding hydrogens is 559 g/mol. The minimum atomic E-state index is 0.423. The first kappa shape index (κ1) is 27.9. The molecule has 2 aliphatic heterocycles. The van der Waals surface area contributed by atoms with E-state index in [1.54, 1.807) is 7.11 Å². The Morgan fingerprint density at radius 1 is 0.976 bits per heavy atom. The molecule has 0 aliphatic carbocycles. The van der Waals surface area contributed by atoms with Gasteiger partial charge in [-0.2, -0.15) is 4.98 Å². The second kappa shape index (κ2) is 12.3. The normalized spacial score (nSPS) is 17.2. The number of aromatic amines is 1. The number of nitrogens with one attached hydrogen (secondary N) is 3. The van der Waals surface area contributed by atoms with Gasteiger partial charge in [0, 0.05) is 85.4 Å². The van der Waals surface area contributed by atoms with Gasteiger partial charge in [-0.15, -0.1) is 0 Å². The summed E-state index contributed by atoms with van der Waals surface area (Å²) < 4.78 is 5.80. The lowest BCUT2D eigenvalue weighted by atomic mass is 10.0. The average molecular weight is 596 g/mol. The lowest BCUT2D eigenvalue weighted by Crippen LogP contribution is -2.52. The standard InChI is InChI=1S/C30H36Cl2N8O/c1-38-14-16-40(17-15-38)20-9-12-39(13-10-20)21-6-7-25(27(18-21)41-2)35-30-36-26-8-11-33-28(26)29(37-30)34-19-22-23(31)4-3-5-24(22)32/h3-8,11,18,20,33H,9-10,12-17,19H2,1-2H3,(H2,34,35,36,37). The van der Waals surface area contributed by atoms with Crippen molar-refractivity contribution in [1.82, 2.24) is 24.8 Å². The summed E-state index contributed by atoms with van der Waals surface area (Å²) in [6.45, 7) is 7.20. The van der Waals surface area contributed by atoms with E-state index in [-0.39, 0.29) is 0 Å². The molecule has 2 aliphatic rings. The Morgan fingerprint density at radius 3 is 2.46 bits per heavy atom. The molecule has 0 unspecified atom stereocenters. The first-order chi connectivity index (χ1) is 20.0. The molecule has 4 aromatic rings. The highest BCUT2D eigenvalue weighted by molar-refractivity contribution is 6.36. The second-order valence-electron chi connectivity index (χ2n) is 10.8. The van der Waals surface area contributed by atoms with Crippen molar-refractivity contribution < 1.29 is 4.74 Å². The number of benzene rings is 2. The van der Waals surface area contributed by atoms with Gasteiger partial charge in [-0.3, -0.25) is 4.90 Å². The van der Waals surface area contributed by atoms with E-state index >= 15 is 0 Å². The van der Waals surface area contributed by atoms with E-state index in [1.165, 1.54) is 44.7 Å². The highest BCUT2D eigenvalue weighted by atomic mass is 35.5. The molecule has 11 heteroatoms. The third-order valence-electron chi connectivity index (χ3n) is 8.22. The summed E-state index contributed by atoms with van der Waals surface area (Å²) in [6.07, 6.45) is 4.22. The highest BCUT2D eigenvalue weighted by Crippen LogP contribution is 2.34. The maximum absolute atomic E-state index is 6.38. The van der Waals surface area contributed by atoms with E-state index in [9.17, 15) is 0 Å². The molecule has 4 heterocycles. The molecule has 3 N–H and O–H groups in total. The molecule has 9 nitrogen and oxygen atoms in total. The summed E-state index contributed by atoms with van der Waals surface area (Å²) in [6, 6.07) is 14.4. The van der Waals surface area contributed by atoms with Crippen LogP contribution in [0.15, 0.2) is 48.7 Å². The minimum absolute atomic E-state index is 0.423. The molecule has 6 rings (SSSR count). The van der Waals surface area contributed by atoms with Gasteiger partial charge in [0.15, 0.2) is 5.82 Å². The zero-order chi connectivity index (χ0) is 28.3. The number of piperazine rings is 1. The van der Waals surface area contributed by atoms with Crippen LogP contribution in [0, 0.1) is 0 Å². The van der Waals surface area contributed by atoms with Crippen molar-refractivity contribution in [3.63, 3.8) is 0 Å². The number of hydrogen-bond acceptors (Lipinski definition) is 8. The summed E-state index contributed by atoms with van der Waals surface area (Å²) in [7, 11) is 3.91. The lowest BCUT2D eigenvalue weighted by Gasteiger charge is -2.42. The molecule has 2 fully saturated rings. The predicted molar refractivity (Wildman–Crippen MR) is 168 cm³/mol. The molecule has 0 amide bonds. The van der Waals surface area contributed by atoms with Gasteiger partial charge in [0.2, 0.25) is 5.95 Å². The number of halogens is 2. The summed E-state index contributed by atoms with van der Waals surface area (Å²) in [5, 5.41) is 7.95. The Labute approximate surface area is 250 Å². The smallest absolute Gasteiger partial charge is 0.229 e. The molecule has 0 spiro atoms. The number of ether oxygens (including phenoxy) is 1. The Hall–Kier alpha value is -3.24. The minimum Gasteiger partial charge on any atom is -0.494 e. The van der Waals surface area contributed by atoms with Crippen LogP contribution in [0.5, 0.6) is 5.75 Å². The summed E-state index contributed by atoms with van der Waals surface area (Å²) in [5.41, 5.74) is 4.38. The van der Waals surface area contributed by atoms with Crippen molar-refractivity contribution >= 4 is 57.4 Å². The highest BCUT2D eigenvalue weighted by Gasteiger charge is 2.27. The fourth-order valence-electron chi connectivity index (χ4n) is 5.78. The average Bonchev–Trinajstić information content (AvgIpc) is 3.47. The van der Waals surface area contributed by atoms with Crippen molar-refractivity contribution in [1.29, 1.82) is 0 Å². The number of likely N-dealkylation sites (N-methyl/N-ethyl adjacent to an activating group) is 1. The van der Waals surface area contributed by atoms with Crippen LogP contribution in [0.25, 0.3) is 11.0 Å². The van der Waals surface area contributed by atoms with Crippen LogP contribution in [-0.4, -0.2) is 84.2 Å². The maximum Gasteiger partial charge on any atom is 0.229 e. The van der Waals surface area contributed by atoms with E-state index in [0.717, 1.165) is 41.1 Å². The van der Waals surface area contributed by atoms with Gasteiger partial charge in [0.1, 0.15) is 11.3 Å². The van der Waals surface area contributed by atoms with Crippen molar-refractivity contribution in [2.45, 2.75) is 25.4 Å². The Balaban J connectivity index is 1.15. The predicted octanol–water partition coefficient (Wildman–Crippen LogP) is 5.85. The van der Waals surface area contributed by atoms with Crippen molar-refractivity contribution in [2.75, 3.05) is 69.0 Å². The van der Waals surface area contributed by atoms with Crippen LogP contribution < -0.4 is 20.3 Å². The van der Waals surface area contributed by atoms with Gasteiger partial charge in [-0.1, -0.05) is 29.3 Å². The zero-order valence-corrected chi connectivity index (χ0v) is 25.0. The summed E-state index contributed by atoms with van der Waals surface area (Å²) in [4.78, 5) is 20.3. The molecule has 0 radical (unpaired) electrons. The van der Waals surface area contributed by atoms with Crippen LogP contribution in [0.2, 0.25) is 10.0 Å². The van der Waals surface area contributed by atoms with Gasteiger partial charge in [-0.25, -0.2) is 4.98 Å². The molecule has 0 atom stereocenters. The van der Waals surface area contributed by atoms with E-state index in [4.69, 9.17) is 37.9 Å². The quantitative estimate of drug-likeness (QED) is 0.234. The number of fused-ring (bicyclic) bond motifs is 1. The zero-order valence-electron chi connectivity index (χ0n) is 23.5. The second-order valence-corrected chi connectivity index (χ2v) is 11.6. The lowest BCUT2D eigenvalue weighted by molar-refractivity contribution is 0.0982. The van der Waals surface area contributed by atoms with E-state index < -0.39 is 0 Å². The third kappa shape index (κ3) is 6.18. The number of H-pyrrole nitrogens is 1. The molecular formula is C30H36Cl2N8O. The van der Waals surface area contributed by atoms with Crippen LogP contribution in [0.4, 0.5) is 23.1 Å². The third-order valence-corrected chi connectivity index (χ3v) is 8.92. The Bertz CT molecular complexity index is 1480. The van der Waals surface area contributed by atoms with E-state index in [2.05, 4.69) is 49.5 Å². The summed E-state index contributed by atoms with van der Waals surface area (Å²) >= 11 is 12.8. The Kier molecular flexibility index (Phi) is 8.39. The monoisotopic (exact) mass is 594 g/mol. The van der Waals surface area contributed by atoms with Crippen molar-refractivity contribution in [2.24, 2.45) is 0 Å². The number of hydrogen-bond donors (Lipinski definition) is 3. The molecule has 2 aromatic carbocycles. The van der Waals surface area contributed by atoms with Crippen LogP contribution in [0.1, 0.15) is 18.4 Å². The molecule has 41 heavy (non-hydrogen) atoms. The van der Waals surface area contributed by atoms with Gasteiger partial charge in [-0.05, 0) is 50.2 Å². The maximum atomic E-state index is 6.38. The van der Waals surface area contributed by atoms with E-state index in [0.29, 0.717) is 34.4 Å². The fraction of sp³-hybridized carbons (Fsp3) is 0.400. The number of rotatable bonds is 8. The first-order valence-electron chi connectivity index (χ1n) is 14.1. The number of aromatic nitrogens is 3. The molecule has 216 valence electrons. The van der Waals surface area contributed by atoms with Crippen LogP contribution >= 0.6 is 23.2 Å². The Morgan fingerprint density at radius 2 is 1.73 bits per heavy atom. The van der Waals surface area contributed by atoms with Gasteiger partial charge in [0.05, 0.1) is 18.3 Å². The van der Waals surface area contributed by atoms with Gasteiger partial charge in [0.25, 0.3) is 0 Å².